The van der Waals surface area contributed by atoms with Crippen LogP contribution in [0.2, 0.25) is 0 Å². The summed E-state index contributed by atoms with van der Waals surface area (Å²) >= 11 is 0. The Morgan fingerprint density at radius 1 is 1.21 bits per heavy atom. The van der Waals surface area contributed by atoms with E-state index < -0.39 is 5.82 Å². The molecule has 2 heterocycles. The Labute approximate surface area is 246 Å². The molecule has 2 unspecified atom stereocenters. The van der Waals surface area contributed by atoms with E-state index in [1.165, 1.54) is 11.6 Å². The Hall–Kier alpha value is -4.13. The lowest BCUT2D eigenvalue weighted by Crippen LogP contribution is -2.43. The standard InChI is InChI=1S/C35H36FN3O3/c1-5-31(26-14-13-24(17-30(26)36)28-18-29(28)35(41)42-6-2)37-33-20(3)27(23-11-12-23)19-32(38-33)34(40)39-16-15-22-9-7-8-10-25(22)21(39)4/h5,7-10,13-14,17,19,21,23,28-29H,3,6,11-12,15-16,18H2,1-2,4H3/b31-5-,37-33?/t21-,28?,29?/m1/s1. The first-order valence-corrected chi connectivity index (χ1v) is 14.9. The molecule has 6 nitrogen and oxygen atoms in total. The predicted molar refractivity (Wildman–Crippen MR) is 163 cm³/mol. The van der Waals surface area contributed by atoms with Gasteiger partial charge >= 0.3 is 5.97 Å². The largest absolute Gasteiger partial charge is 0.466 e. The lowest BCUT2D eigenvalue weighted by Gasteiger charge is -2.35. The Balaban J connectivity index is 1.28. The predicted octanol–water partition coefficient (Wildman–Crippen LogP) is 6.74. The first-order chi connectivity index (χ1) is 20.3. The Bertz CT molecular complexity index is 1600. The lowest BCUT2D eigenvalue weighted by atomic mass is 9.92. The molecule has 2 saturated carbocycles. The number of carbonyl (C=O) groups excluding carboxylic acids is 2. The molecule has 0 bridgehead atoms. The van der Waals surface area contributed by atoms with Crippen LogP contribution >= 0.6 is 0 Å². The van der Waals surface area contributed by atoms with E-state index in [0.717, 1.165) is 36.0 Å². The molecule has 0 radical (unpaired) electrons. The van der Waals surface area contributed by atoms with Crippen molar-refractivity contribution in [3.63, 3.8) is 0 Å². The zero-order valence-electron chi connectivity index (χ0n) is 24.4. The average Bonchev–Trinajstić information content (AvgIpc) is 3.92. The van der Waals surface area contributed by atoms with Crippen molar-refractivity contribution in [2.75, 3.05) is 13.2 Å². The first kappa shape index (κ1) is 28.0. The van der Waals surface area contributed by atoms with Gasteiger partial charge in [0.05, 0.1) is 24.3 Å². The maximum Gasteiger partial charge on any atom is 0.309 e. The van der Waals surface area contributed by atoms with E-state index in [1.807, 2.05) is 29.2 Å². The summed E-state index contributed by atoms with van der Waals surface area (Å²) in [4.78, 5) is 37.3. The number of rotatable bonds is 7. The number of benzene rings is 2. The minimum atomic E-state index is -0.417. The number of dihydropyridines is 1. The number of carbonyl (C=O) groups is 2. The van der Waals surface area contributed by atoms with Crippen LogP contribution in [0.25, 0.3) is 5.70 Å². The van der Waals surface area contributed by atoms with E-state index in [9.17, 15) is 9.59 Å². The number of aliphatic imine (C=N–C) groups is 2. The van der Waals surface area contributed by atoms with E-state index in [0.29, 0.717) is 53.9 Å². The topological polar surface area (TPSA) is 71.3 Å². The molecule has 0 aromatic heterocycles. The van der Waals surface area contributed by atoms with Gasteiger partial charge in [-0.1, -0.05) is 43.0 Å². The summed E-state index contributed by atoms with van der Waals surface area (Å²) in [6, 6.07) is 13.2. The fourth-order valence-electron chi connectivity index (χ4n) is 6.17. The SMILES string of the molecule is C=C1C(C2CC2)=CC(C(=O)N2CCc3ccccc3[C@H]2C)=NC1=N/C(=C\C)c1ccc(C2CC2C(=O)OCC)cc1F. The third-order valence-corrected chi connectivity index (χ3v) is 8.81. The molecule has 42 heavy (non-hydrogen) atoms. The highest BCUT2D eigenvalue weighted by molar-refractivity contribution is 6.46. The van der Waals surface area contributed by atoms with Crippen LogP contribution in [-0.4, -0.2) is 41.5 Å². The molecule has 6 rings (SSSR count). The van der Waals surface area contributed by atoms with Gasteiger partial charge in [0.1, 0.15) is 11.5 Å². The van der Waals surface area contributed by atoms with E-state index in [4.69, 9.17) is 14.7 Å². The van der Waals surface area contributed by atoms with E-state index >= 15 is 4.39 Å². The molecule has 2 aliphatic carbocycles. The summed E-state index contributed by atoms with van der Waals surface area (Å²) in [6.07, 6.45) is 7.16. The zero-order valence-corrected chi connectivity index (χ0v) is 24.4. The highest BCUT2D eigenvalue weighted by Gasteiger charge is 2.45. The van der Waals surface area contributed by atoms with Crippen molar-refractivity contribution in [1.29, 1.82) is 0 Å². The van der Waals surface area contributed by atoms with E-state index in [-0.39, 0.29) is 29.8 Å². The van der Waals surface area contributed by atoms with Gasteiger partial charge < -0.3 is 9.64 Å². The third-order valence-electron chi connectivity index (χ3n) is 8.81. The third kappa shape index (κ3) is 5.28. The number of hydrogen-bond donors (Lipinski definition) is 0. The summed E-state index contributed by atoms with van der Waals surface area (Å²) in [5.41, 5.74) is 5.98. The minimum absolute atomic E-state index is 0.0281. The van der Waals surface area contributed by atoms with Gasteiger partial charge in [-0.15, -0.1) is 0 Å². The Morgan fingerprint density at radius 3 is 2.71 bits per heavy atom. The molecule has 0 spiro atoms. The molecule has 4 aliphatic rings. The molecule has 3 atom stereocenters. The molecule has 2 aromatic carbocycles. The molecule has 7 heteroatoms. The molecule has 0 N–H and O–H groups in total. The van der Waals surface area contributed by atoms with Crippen LogP contribution in [0.1, 0.15) is 74.2 Å². The molecule has 0 saturated heterocycles. The van der Waals surface area contributed by atoms with Gasteiger partial charge in [0.25, 0.3) is 5.91 Å². The Morgan fingerprint density at radius 2 is 2.00 bits per heavy atom. The fraction of sp³-hybridized carbons (Fsp3) is 0.371. The fourth-order valence-corrected chi connectivity index (χ4v) is 6.17. The van der Waals surface area contributed by atoms with Crippen molar-refractivity contribution in [2.45, 2.75) is 58.4 Å². The number of allylic oxidation sites excluding steroid dienone is 1. The van der Waals surface area contributed by atoms with Crippen LogP contribution < -0.4 is 0 Å². The number of hydrogen-bond acceptors (Lipinski definition) is 4. The number of esters is 1. The smallest absolute Gasteiger partial charge is 0.309 e. The van der Waals surface area contributed by atoms with Crippen LogP contribution in [0.3, 0.4) is 0 Å². The number of ether oxygens (including phenoxy) is 1. The van der Waals surface area contributed by atoms with Gasteiger partial charge in [-0.3, -0.25) is 9.59 Å². The van der Waals surface area contributed by atoms with Gasteiger partial charge in [0.15, 0.2) is 5.84 Å². The molecule has 2 aromatic rings. The number of halogens is 1. The van der Waals surface area contributed by atoms with Crippen molar-refractivity contribution in [1.82, 2.24) is 4.90 Å². The second-order valence-electron chi connectivity index (χ2n) is 11.5. The van der Waals surface area contributed by atoms with Gasteiger partial charge in [0.2, 0.25) is 0 Å². The Kier molecular flexibility index (Phi) is 7.52. The van der Waals surface area contributed by atoms with Crippen molar-refractivity contribution in [3.05, 3.63) is 100 Å². The molecular formula is C35H36FN3O3. The van der Waals surface area contributed by atoms with Gasteiger partial charge in [-0.05, 0) is 98.8 Å². The summed E-state index contributed by atoms with van der Waals surface area (Å²) in [7, 11) is 0. The molecule has 2 fully saturated rings. The van der Waals surface area contributed by atoms with Crippen LogP contribution in [0.15, 0.2) is 82.3 Å². The zero-order chi connectivity index (χ0) is 29.5. The second kappa shape index (κ2) is 11.3. The second-order valence-corrected chi connectivity index (χ2v) is 11.5. The molecule has 216 valence electrons. The van der Waals surface area contributed by atoms with Gasteiger partial charge in [-0.25, -0.2) is 14.4 Å². The molecule has 1 amide bonds. The number of nitrogens with zero attached hydrogens (tertiary/aromatic N) is 3. The average molecular weight is 566 g/mol. The maximum atomic E-state index is 15.5. The van der Waals surface area contributed by atoms with Gasteiger partial charge in [0, 0.05) is 17.7 Å². The number of amides is 1. The van der Waals surface area contributed by atoms with Gasteiger partial charge in [-0.2, -0.15) is 0 Å². The molecular weight excluding hydrogens is 529 g/mol. The van der Waals surface area contributed by atoms with Crippen LogP contribution in [0.5, 0.6) is 0 Å². The van der Waals surface area contributed by atoms with Crippen molar-refractivity contribution >= 4 is 29.1 Å². The van der Waals surface area contributed by atoms with Crippen molar-refractivity contribution in [3.8, 4) is 0 Å². The molecule has 2 aliphatic heterocycles. The van der Waals surface area contributed by atoms with Crippen LogP contribution in [0.4, 0.5) is 4.39 Å². The summed E-state index contributed by atoms with van der Waals surface area (Å²) in [5, 5.41) is 0. The number of amidine groups is 1. The monoisotopic (exact) mass is 565 g/mol. The highest BCUT2D eigenvalue weighted by Crippen LogP contribution is 2.48. The summed E-state index contributed by atoms with van der Waals surface area (Å²) in [6.45, 7) is 10.9. The van der Waals surface area contributed by atoms with Crippen molar-refractivity contribution in [2.24, 2.45) is 21.8 Å². The van der Waals surface area contributed by atoms with Crippen LogP contribution in [0, 0.1) is 17.7 Å². The maximum absolute atomic E-state index is 15.5. The van der Waals surface area contributed by atoms with Crippen molar-refractivity contribution < 1.29 is 18.7 Å². The highest BCUT2D eigenvalue weighted by atomic mass is 19.1. The number of fused-ring (bicyclic) bond motifs is 1. The minimum Gasteiger partial charge on any atom is -0.466 e. The van der Waals surface area contributed by atoms with Crippen LogP contribution in [-0.2, 0) is 20.7 Å². The first-order valence-electron chi connectivity index (χ1n) is 14.9. The lowest BCUT2D eigenvalue weighted by molar-refractivity contribution is -0.144. The quantitative estimate of drug-likeness (QED) is 0.349. The van der Waals surface area contributed by atoms with E-state index in [1.54, 1.807) is 26.0 Å². The van der Waals surface area contributed by atoms with E-state index in [2.05, 4.69) is 25.6 Å². The summed E-state index contributed by atoms with van der Waals surface area (Å²) < 4.78 is 20.6. The summed E-state index contributed by atoms with van der Waals surface area (Å²) in [5.74, 6) is -0.344. The normalized spacial score (nSPS) is 24.6.